The Labute approximate surface area is 53.4 Å². The van der Waals surface area contributed by atoms with Crippen molar-refractivity contribution in [1.29, 1.82) is 0 Å². The Balaban J connectivity index is 2.41. The minimum Gasteiger partial charge on any atom is -0.405 e. The van der Waals surface area contributed by atoms with Gasteiger partial charge in [-0.15, -0.1) is 0 Å². The molecule has 0 saturated carbocycles. The van der Waals surface area contributed by atoms with Gasteiger partial charge in [0, 0.05) is 0 Å². The molecule has 2 atom stereocenters. The summed E-state index contributed by atoms with van der Waals surface area (Å²) >= 11 is 0. The monoisotopic (exact) mass is 127 g/mol. The molecule has 1 aliphatic rings. The molecule has 3 nitrogen and oxygen atoms in total. The van der Waals surface area contributed by atoms with Gasteiger partial charge in [0.05, 0.1) is 6.10 Å². The van der Waals surface area contributed by atoms with E-state index in [9.17, 15) is 0 Å². The van der Waals surface area contributed by atoms with E-state index in [0.717, 1.165) is 0 Å². The van der Waals surface area contributed by atoms with E-state index in [1.165, 1.54) is 6.20 Å². The fourth-order valence-electron chi connectivity index (χ4n) is 0.675. The molecule has 0 aromatic rings. The Morgan fingerprint density at radius 1 is 1.56 bits per heavy atom. The lowest BCUT2D eigenvalue weighted by atomic mass is 10.3. The van der Waals surface area contributed by atoms with Crippen molar-refractivity contribution in [3.05, 3.63) is 24.4 Å². The third-order valence-corrected chi connectivity index (χ3v) is 1.06. The number of aliphatic hydroxyl groups excluding tert-OH is 1. The molecule has 0 fully saturated rings. The summed E-state index contributed by atoms with van der Waals surface area (Å²) in [5.74, 6) is 0. The van der Waals surface area contributed by atoms with E-state index < -0.39 is 6.29 Å². The van der Waals surface area contributed by atoms with Crippen molar-refractivity contribution in [3.8, 4) is 0 Å². The molecule has 1 heterocycles. The Morgan fingerprint density at radius 3 is 2.78 bits per heavy atom. The minimum atomic E-state index is -0.758. The van der Waals surface area contributed by atoms with Crippen molar-refractivity contribution < 1.29 is 9.84 Å². The molecule has 0 aromatic carbocycles. The van der Waals surface area contributed by atoms with Gasteiger partial charge >= 0.3 is 0 Å². The van der Waals surface area contributed by atoms with Crippen molar-refractivity contribution >= 4 is 0 Å². The highest BCUT2D eigenvalue weighted by Crippen LogP contribution is 2.08. The van der Waals surface area contributed by atoms with Gasteiger partial charge in [-0.1, -0.05) is 6.08 Å². The summed E-state index contributed by atoms with van der Waals surface area (Å²) in [7, 11) is 0. The number of aliphatic hydroxyl groups is 1. The van der Waals surface area contributed by atoms with Gasteiger partial charge in [-0.25, -0.2) is 0 Å². The molecule has 3 N–H and O–H groups in total. The Hall–Kier alpha value is -0.800. The van der Waals surface area contributed by atoms with Crippen LogP contribution in [0.1, 0.15) is 0 Å². The normalized spacial score (nSPS) is 34.3. The zero-order valence-electron chi connectivity index (χ0n) is 4.90. The first kappa shape index (κ1) is 6.32. The highest BCUT2D eigenvalue weighted by atomic mass is 16.6. The number of nitrogens with two attached hydrogens (primary N) is 1. The molecule has 1 aliphatic heterocycles. The maximum atomic E-state index is 8.74. The summed E-state index contributed by atoms with van der Waals surface area (Å²) in [5.41, 5.74) is 5.08. The molecule has 0 aliphatic carbocycles. The lowest BCUT2D eigenvalue weighted by molar-refractivity contribution is -0.0598. The molecule has 1 rings (SSSR count). The maximum Gasteiger partial charge on any atom is 0.175 e. The summed E-state index contributed by atoms with van der Waals surface area (Å²) in [6, 6.07) is 0. The Bertz CT molecular complexity index is 142. The molecule has 9 heavy (non-hydrogen) atoms. The van der Waals surface area contributed by atoms with Crippen LogP contribution < -0.4 is 5.73 Å². The smallest absolute Gasteiger partial charge is 0.175 e. The van der Waals surface area contributed by atoms with Gasteiger partial charge in [0.2, 0.25) is 0 Å². The first-order chi connectivity index (χ1) is 4.33. The van der Waals surface area contributed by atoms with Crippen LogP contribution in [-0.2, 0) is 4.74 Å². The topological polar surface area (TPSA) is 55.5 Å². The molecular formula is C6H9NO2. The van der Waals surface area contributed by atoms with E-state index >= 15 is 0 Å². The molecule has 0 amide bonds. The largest absolute Gasteiger partial charge is 0.405 e. The second-order valence-electron chi connectivity index (χ2n) is 1.76. The van der Waals surface area contributed by atoms with Crippen LogP contribution >= 0.6 is 0 Å². The van der Waals surface area contributed by atoms with Crippen molar-refractivity contribution in [2.45, 2.75) is 12.4 Å². The van der Waals surface area contributed by atoms with Crippen LogP contribution in [-0.4, -0.2) is 17.5 Å². The summed E-state index contributed by atoms with van der Waals surface area (Å²) < 4.78 is 4.88. The molecule has 0 saturated heterocycles. The van der Waals surface area contributed by atoms with Crippen LogP contribution in [0.5, 0.6) is 0 Å². The second-order valence-corrected chi connectivity index (χ2v) is 1.76. The molecule has 0 spiro atoms. The zero-order valence-corrected chi connectivity index (χ0v) is 4.90. The average molecular weight is 127 g/mol. The zero-order chi connectivity index (χ0) is 6.69. The lowest BCUT2D eigenvalue weighted by Crippen LogP contribution is -2.08. The van der Waals surface area contributed by atoms with Crippen molar-refractivity contribution in [2.24, 2.45) is 5.73 Å². The van der Waals surface area contributed by atoms with E-state index in [1.807, 2.05) is 0 Å². The van der Waals surface area contributed by atoms with Gasteiger partial charge < -0.3 is 15.6 Å². The van der Waals surface area contributed by atoms with E-state index in [4.69, 9.17) is 15.6 Å². The number of hydrogen-bond acceptors (Lipinski definition) is 3. The van der Waals surface area contributed by atoms with Crippen molar-refractivity contribution in [2.75, 3.05) is 0 Å². The predicted octanol–water partition coefficient (Wildman–Crippen LogP) is -0.268. The number of rotatable bonds is 1. The maximum absolute atomic E-state index is 8.74. The predicted molar refractivity (Wildman–Crippen MR) is 33.3 cm³/mol. The van der Waals surface area contributed by atoms with E-state index in [0.29, 0.717) is 0 Å². The first-order valence-corrected chi connectivity index (χ1v) is 2.73. The quantitative estimate of drug-likeness (QED) is 0.477. The Kier molecular flexibility index (Phi) is 1.87. The van der Waals surface area contributed by atoms with E-state index in [1.54, 1.807) is 18.2 Å². The lowest BCUT2D eigenvalue weighted by Gasteiger charge is -2.03. The summed E-state index contributed by atoms with van der Waals surface area (Å²) in [4.78, 5) is 0. The number of ether oxygens (including phenoxy) is 1. The molecule has 0 radical (unpaired) electrons. The van der Waals surface area contributed by atoms with Gasteiger partial charge in [0.15, 0.2) is 6.29 Å². The second kappa shape index (κ2) is 2.66. The third-order valence-electron chi connectivity index (χ3n) is 1.06. The molecule has 50 valence electrons. The van der Waals surface area contributed by atoms with Crippen molar-refractivity contribution in [1.82, 2.24) is 0 Å². The van der Waals surface area contributed by atoms with Crippen LogP contribution in [0.15, 0.2) is 24.4 Å². The van der Waals surface area contributed by atoms with Crippen LogP contribution in [0, 0.1) is 0 Å². The molecule has 0 bridgehead atoms. The van der Waals surface area contributed by atoms with Crippen LogP contribution in [0.25, 0.3) is 0 Å². The van der Waals surface area contributed by atoms with Gasteiger partial charge in [-0.3, -0.25) is 0 Å². The summed E-state index contributed by atoms with van der Waals surface area (Å²) in [5, 5.41) is 8.74. The highest BCUT2D eigenvalue weighted by molar-refractivity contribution is 5.07. The fourth-order valence-corrected chi connectivity index (χ4v) is 0.675. The van der Waals surface area contributed by atoms with Crippen LogP contribution in [0.4, 0.5) is 0 Å². The van der Waals surface area contributed by atoms with Gasteiger partial charge in [0.1, 0.15) is 0 Å². The van der Waals surface area contributed by atoms with Gasteiger partial charge in [-0.2, -0.15) is 0 Å². The molecule has 3 heteroatoms. The standard InChI is InChI=1S/C6H9NO2/c7-4-3-5-1-2-6(8)9-5/h1-6,8H,7H2/b4-3-/t5-,6+/m1/s1. The van der Waals surface area contributed by atoms with Gasteiger partial charge in [0.25, 0.3) is 0 Å². The minimum absolute atomic E-state index is 0.148. The summed E-state index contributed by atoms with van der Waals surface area (Å²) in [6.45, 7) is 0. The highest BCUT2D eigenvalue weighted by Gasteiger charge is 2.12. The first-order valence-electron chi connectivity index (χ1n) is 2.73. The number of hydrogen-bond donors (Lipinski definition) is 2. The van der Waals surface area contributed by atoms with E-state index in [2.05, 4.69) is 0 Å². The van der Waals surface area contributed by atoms with E-state index in [-0.39, 0.29) is 6.10 Å². The fraction of sp³-hybridized carbons (Fsp3) is 0.333. The van der Waals surface area contributed by atoms with Crippen LogP contribution in [0.2, 0.25) is 0 Å². The third kappa shape index (κ3) is 1.55. The molecule has 0 aromatic heterocycles. The average Bonchev–Trinajstić information content (AvgIpc) is 2.17. The van der Waals surface area contributed by atoms with Gasteiger partial charge in [-0.05, 0) is 18.4 Å². The van der Waals surface area contributed by atoms with Crippen molar-refractivity contribution in [3.63, 3.8) is 0 Å². The molecular weight excluding hydrogens is 118 g/mol. The SMILES string of the molecule is N/C=C\[C@H]1C=C[C@@H](O)O1. The van der Waals surface area contributed by atoms with Crippen LogP contribution in [0.3, 0.4) is 0 Å². The Morgan fingerprint density at radius 2 is 2.33 bits per heavy atom. The molecule has 0 unspecified atom stereocenters. The summed E-state index contributed by atoms with van der Waals surface area (Å²) in [6.07, 6.45) is 5.47.